The zero-order valence-corrected chi connectivity index (χ0v) is 13.5. The highest BCUT2D eigenvalue weighted by atomic mass is 16.5. The van der Waals surface area contributed by atoms with Gasteiger partial charge in [-0.25, -0.2) is 4.79 Å². The van der Waals surface area contributed by atoms with Gasteiger partial charge in [-0.05, 0) is 31.0 Å². The van der Waals surface area contributed by atoms with Crippen LogP contribution in [0.4, 0.5) is 0 Å². The number of aryl methyl sites for hydroxylation is 2. The Hall–Kier alpha value is -3.20. The number of ether oxygens (including phenoxy) is 2. The van der Waals surface area contributed by atoms with Gasteiger partial charge in [-0.15, -0.1) is 0 Å². The van der Waals surface area contributed by atoms with Crippen molar-refractivity contribution in [3.05, 3.63) is 68.6 Å². The molecule has 6 nitrogen and oxygen atoms in total. The van der Waals surface area contributed by atoms with Crippen molar-refractivity contribution in [1.82, 2.24) is 0 Å². The summed E-state index contributed by atoms with van der Waals surface area (Å²) in [6, 6.07) is 9.11. The van der Waals surface area contributed by atoms with Crippen LogP contribution in [0.3, 0.4) is 0 Å². The predicted octanol–water partition coefficient (Wildman–Crippen LogP) is 2.48. The smallest absolute Gasteiger partial charge is 0.343 e. The molecular weight excluding hydrogens is 308 g/mol. The predicted molar refractivity (Wildman–Crippen MR) is 86.7 cm³/mol. The van der Waals surface area contributed by atoms with Crippen LogP contribution in [-0.2, 0) is 0 Å². The van der Waals surface area contributed by atoms with Gasteiger partial charge >= 0.3 is 5.63 Å². The van der Waals surface area contributed by atoms with Gasteiger partial charge in [0.15, 0.2) is 0 Å². The summed E-state index contributed by atoms with van der Waals surface area (Å²) in [6.07, 6.45) is 0. The molecule has 0 saturated heterocycles. The van der Waals surface area contributed by atoms with Crippen LogP contribution < -0.4 is 20.8 Å². The Kier molecular flexibility index (Phi) is 3.78. The van der Waals surface area contributed by atoms with Crippen molar-refractivity contribution in [2.75, 3.05) is 7.11 Å². The first kappa shape index (κ1) is 15.7. The van der Waals surface area contributed by atoms with Crippen LogP contribution in [0.2, 0.25) is 0 Å². The van der Waals surface area contributed by atoms with Crippen molar-refractivity contribution in [2.45, 2.75) is 19.8 Å². The highest BCUT2D eigenvalue weighted by Gasteiger charge is 2.34. The van der Waals surface area contributed by atoms with Gasteiger partial charge in [0.25, 0.3) is 0 Å². The van der Waals surface area contributed by atoms with Gasteiger partial charge < -0.3 is 19.6 Å². The van der Waals surface area contributed by atoms with E-state index in [2.05, 4.69) is 6.07 Å². The normalized spacial score (nSPS) is 16.2. The molecule has 2 heterocycles. The number of allylic oxidation sites excluding steroid dienone is 1. The van der Waals surface area contributed by atoms with E-state index in [1.54, 1.807) is 32.2 Å². The molecule has 0 bridgehead atoms. The summed E-state index contributed by atoms with van der Waals surface area (Å²) in [5.41, 5.74) is 7.45. The molecule has 0 fully saturated rings. The molecular formula is C18H16N2O4. The summed E-state index contributed by atoms with van der Waals surface area (Å²) in [5, 5.41) is 9.51. The molecule has 1 aromatic carbocycles. The zero-order chi connectivity index (χ0) is 17.4. The molecule has 0 unspecified atom stereocenters. The maximum atomic E-state index is 12.4. The molecule has 0 aliphatic carbocycles. The van der Waals surface area contributed by atoms with Crippen LogP contribution in [0.1, 0.15) is 28.4 Å². The van der Waals surface area contributed by atoms with Crippen LogP contribution in [0.25, 0.3) is 0 Å². The second kappa shape index (κ2) is 5.78. The third kappa shape index (κ3) is 2.40. The van der Waals surface area contributed by atoms with Gasteiger partial charge in [-0.2, -0.15) is 5.26 Å². The fourth-order valence-electron chi connectivity index (χ4n) is 2.93. The lowest BCUT2D eigenvalue weighted by Crippen LogP contribution is -2.26. The second-order valence-corrected chi connectivity index (χ2v) is 5.58. The van der Waals surface area contributed by atoms with Crippen molar-refractivity contribution in [2.24, 2.45) is 5.73 Å². The Balaban J connectivity index is 2.28. The summed E-state index contributed by atoms with van der Waals surface area (Å²) in [5.74, 6) is 0.807. The summed E-state index contributed by atoms with van der Waals surface area (Å²) < 4.78 is 15.9. The van der Waals surface area contributed by atoms with Crippen LogP contribution in [0.5, 0.6) is 11.5 Å². The highest BCUT2D eigenvalue weighted by molar-refractivity contribution is 5.55. The van der Waals surface area contributed by atoms with Crippen molar-refractivity contribution in [1.29, 1.82) is 5.26 Å². The molecule has 0 amide bonds. The third-order valence-corrected chi connectivity index (χ3v) is 4.01. The number of hydrogen-bond acceptors (Lipinski definition) is 6. The third-order valence-electron chi connectivity index (χ3n) is 4.01. The van der Waals surface area contributed by atoms with E-state index in [0.717, 1.165) is 16.9 Å². The first-order valence-corrected chi connectivity index (χ1v) is 7.33. The topological polar surface area (TPSA) is 98.5 Å². The fourth-order valence-corrected chi connectivity index (χ4v) is 2.93. The van der Waals surface area contributed by atoms with E-state index < -0.39 is 11.5 Å². The van der Waals surface area contributed by atoms with E-state index in [0.29, 0.717) is 11.5 Å². The van der Waals surface area contributed by atoms with Crippen molar-refractivity contribution in [3.8, 4) is 17.6 Å². The Morgan fingerprint density at radius 3 is 2.67 bits per heavy atom. The number of fused-ring (bicyclic) bond motifs is 1. The standard InChI is InChI=1S/C18H16N2O4/c1-9-6-11(4-5-13(9)22-3)15-12(8-19)17(20)24-14-7-10(2)23-18(21)16(14)15/h4-7,15H,20H2,1-3H3/t15-/m1/s1. The average molecular weight is 324 g/mol. The average Bonchev–Trinajstić information content (AvgIpc) is 2.53. The van der Waals surface area contributed by atoms with E-state index in [1.165, 1.54) is 0 Å². The lowest BCUT2D eigenvalue weighted by molar-refractivity contribution is 0.371. The van der Waals surface area contributed by atoms with Gasteiger partial charge in [0.1, 0.15) is 28.9 Å². The van der Waals surface area contributed by atoms with E-state index in [4.69, 9.17) is 19.6 Å². The monoisotopic (exact) mass is 324 g/mol. The minimum Gasteiger partial charge on any atom is -0.496 e. The molecule has 1 aromatic heterocycles. The second-order valence-electron chi connectivity index (χ2n) is 5.58. The number of nitrogens with two attached hydrogens (primary N) is 1. The molecule has 1 aliphatic heterocycles. The highest BCUT2D eigenvalue weighted by Crippen LogP contribution is 2.41. The lowest BCUT2D eigenvalue weighted by atomic mass is 9.84. The number of hydrogen-bond donors (Lipinski definition) is 1. The molecule has 1 aliphatic rings. The maximum absolute atomic E-state index is 12.4. The largest absolute Gasteiger partial charge is 0.496 e. The maximum Gasteiger partial charge on any atom is 0.343 e. The Morgan fingerprint density at radius 2 is 2.04 bits per heavy atom. The van der Waals surface area contributed by atoms with E-state index in [-0.39, 0.29) is 17.0 Å². The SMILES string of the molecule is COc1ccc([C@@H]2C(C#N)=C(N)Oc3cc(C)oc(=O)c32)cc1C. The molecule has 0 radical (unpaired) electrons. The van der Waals surface area contributed by atoms with Crippen LogP contribution in [-0.4, -0.2) is 7.11 Å². The van der Waals surface area contributed by atoms with Crippen molar-refractivity contribution >= 4 is 0 Å². The molecule has 2 aromatic rings. The fraction of sp³-hybridized carbons (Fsp3) is 0.222. The molecule has 3 rings (SSSR count). The number of methoxy groups -OCH3 is 1. The Morgan fingerprint density at radius 1 is 1.29 bits per heavy atom. The minimum atomic E-state index is -0.639. The number of nitriles is 1. The molecule has 2 N–H and O–H groups in total. The van der Waals surface area contributed by atoms with Crippen LogP contribution in [0, 0.1) is 25.2 Å². The van der Waals surface area contributed by atoms with Crippen LogP contribution >= 0.6 is 0 Å². The van der Waals surface area contributed by atoms with Gasteiger partial charge in [0.05, 0.1) is 18.6 Å². The van der Waals surface area contributed by atoms with Crippen molar-refractivity contribution in [3.63, 3.8) is 0 Å². The lowest BCUT2D eigenvalue weighted by Gasteiger charge is -2.25. The summed E-state index contributed by atoms with van der Waals surface area (Å²) in [7, 11) is 1.59. The van der Waals surface area contributed by atoms with Crippen molar-refractivity contribution < 1.29 is 13.9 Å². The van der Waals surface area contributed by atoms with E-state index >= 15 is 0 Å². The molecule has 24 heavy (non-hydrogen) atoms. The molecule has 1 atom stereocenters. The molecule has 122 valence electrons. The summed E-state index contributed by atoms with van der Waals surface area (Å²) in [6.45, 7) is 3.54. The minimum absolute atomic E-state index is 0.00605. The Bertz CT molecular complexity index is 950. The molecule has 0 spiro atoms. The van der Waals surface area contributed by atoms with E-state index in [1.807, 2.05) is 13.0 Å². The quantitative estimate of drug-likeness (QED) is 0.911. The summed E-state index contributed by atoms with van der Waals surface area (Å²) in [4.78, 5) is 12.4. The van der Waals surface area contributed by atoms with Gasteiger partial charge in [-0.3, -0.25) is 0 Å². The van der Waals surface area contributed by atoms with Gasteiger partial charge in [0.2, 0.25) is 5.88 Å². The molecule has 6 heteroatoms. The van der Waals surface area contributed by atoms with Crippen LogP contribution in [0.15, 0.2) is 44.9 Å². The first-order chi connectivity index (χ1) is 11.5. The summed E-state index contributed by atoms with van der Waals surface area (Å²) >= 11 is 0. The number of nitrogens with zero attached hydrogens (tertiary/aromatic N) is 1. The first-order valence-electron chi connectivity index (χ1n) is 7.33. The number of rotatable bonds is 2. The Labute approximate surface area is 138 Å². The molecule has 0 saturated carbocycles. The van der Waals surface area contributed by atoms with Gasteiger partial charge in [-0.1, -0.05) is 12.1 Å². The zero-order valence-electron chi connectivity index (χ0n) is 13.5. The van der Waals surface area contributed by atoms with E-state index in [9.17, 15) is 10.1 Å². The van der Waals surface area contributed by atoms with Gasteiger partial charge in [0, 0.05) is 6.07 Å². The number of benzene rings is 1.